The van der Waals surface area contributed by atoms with Crippen LogP contribution < -0.4 is 0 Å². The van der Waals surface area contributed by atoms with E-state index in [2.05, 4.69) is 32.9 Å². The van der Waals surface area contributed by atoms with E-state index in [-0.39, 0.29) is 0 Å². The predicted molar refractivity (Wildman–Crippen MR) is 47.0 cm³/mol. The van der Waals surface area contributed by atoms with Gasteiger partial charge in [-0.15, -0.1) is 0 Å². The largest absolute Gasteiger partial charge is 0.162 e. The van der Waals surface area contributed by atoms with Gasteiger partial charge in [-0.25, -0.2) is 0 Å². The molecule has 0 heterocycles. The second kappa shape index (κ2) is 6.21. The molecule has 0 saturated carbocycles. The Hall–Kier alpha value is 0.0900. The normalized spacial score (nSPS) is 14.6. The van der Waals surface area contributed by atoms with E-state index in [9.17, 15) is 0 Å². The zero-order valence-electron chi connectivity index (χ0n) is 6.55. The van der Waals surface area contributed by atoms with E-state index >= 15 is 0 Å². The molecule has 1 heteroatoms. The van der Waals surface area contributed by atoms with Gasteiger partial charge in [-0.05, 0) is 24.3 Å². The Bertz CT molecular complexity index is 76.6. The van der Waals surface area contributed by atoms with Crippen LogP contribution in [0.3, 0.4) is 0 Å². The summed E-state index contributed by atoms with van der Waals surface area (Å²) in [6, 6.07) is 0. The second-order valence-corrected chi connectivity index (χ2v) is 3.48. The lowest BCUT2D eigenvalue weighted by atomic mass is 10.2. The number of thioether (sulfide) groups is 1. The van der Waals surface area contributed by atoms with E-state index in [1.807, 2.05) is 11.8 Å². The van der Waals surface area contributed by atoms with Crippen LogP contribution in [-0.4, -0.2) is 11.5 Å². The Labute approximate surface area is 62.7 Å². The SMILES string of the molecule is CC=CC(C)CSCC. The molecule has 0 aromatic rings. The fraction of sp³-hybridized carbons (Fsp3) is 0.750. The summed E-state index contributed by atoms with van der Waals surface area (Å²) in [6.07, 6.45) is 4.38. The summed E-state index contributed by atoms with van der Waals surface area (Å²) in [5.74, 6) is 3.25. The van der Waals surface area contributed by atoms with Crippen molar-refractivity contribution in [3.8, 4) is 0 Å². The summed E-state index contributed by atoms with van der Waals surface area (Å²) in [6.45, 7) is 6.53. The van der Waals surface area contributed by atoms with Crippen molar-refractivity contribution in [3.05, 3.63) is 12.2 Å². The molecule has 0 spiro atoms. The third-order valence-corrected chi connectivity index (χ3v) is 2.28. The van der Waals surface area contributed by atoms with Crippen molar-refractivity contribution < 1.29 is 0 Å². The second-order valence-electron chi connectivity index (χ2n) is 2.16. The van der Waals surface area contributed by atoms with Crippen molar-refractivity contribution in [1.29, 1.82) is 0 Å². The monoisotopic (exact) mass is 144 g/mol. The van der Waals surface area contributed by atoms with Crippen molar-refractivity contribution in [2.45, 2.75) is 20.8 Å². The van der Waals surface area contributed by atoms with Gasteiger partial charge in [-0.1, -0.05) is 26.0 Å². The van der Waals surface area contributed by atoms with Crippen molar-refractivity contribution >= 4 is 11.8 Å². The van der Waals surface area contributed by atoms with Crippen LogP contribution in [0.5, 0.6) is 0 Å². The molecule has 0 fully saturated rings. The minimum Gasteiger partial charge on any atom is -0.162 e. The van der Waals surface area contributed by atoms with Gasteiger partial charge < -0.3 is 0 Å². The van der Waals surface area contributed by atoms with Gasteiger partial charge in [-0.3, -0.25) is 0 Å². The number of rotatable bonds is 4. The Kier molecular flexibility index (Phi) is 6.28. The molecule has 54 valence electrons. The van der Waals surface area contributed by atoms with Gasteiger partial charge in [0.1, 0.15) is 0 Å². The van der Waals surface area contributed by atoms with Crippen molar-refractivity contribution in [3.63, 3.8) is 0 Å². The third-order valence-electron chi connectivity index (χ3n) is 1.11. The van der Waals surface area contributed by atoms with Gasteiger partial charge in [0.25, 0.3) is 0 Å². The lowest BCUT2D eigenvalue weighted by molar-refractivity contribution is 0.845. The first-order valence-electron chi connectivity index (χ1n) is 3.51. The molecule has 0 rings (SSSR count). The van der Waals surface area contributed by atoms with Gasteiger partial charge in [0.05, 0.1) is 0 Å². The molecule has 0 aliphatic carbocycles. The molecule has 1 atom stereocenters. The van der Waals surface area contributed by atoms with E-state index < -0.39 is 0 Å². The van der Waals surface area contributed by atoms with Gasteiger partial charge in [0.15, 0.2) is 0 Å². The van der Waals surface area contributed by atoms with Gasteiger partial charge in [0, 0.05) is 0 Å². The lowest BCUT2D eigenvalue weighted by Crippen LogP contribution is -1.92. The van der Waals surface area contributed by atoms with Crippen molar-refractivity contribution in [1.82, 2.24) is 0 Å². The predicted octanol–water partition coefficient (Wildman–Crippen LogP) is 2.95. The van der Waals surface area contributed by atoms with Crippen LogP contribution in [0.2, 0.25) is 0 Å². The minimum absolute atomic E-state index is 0.750. The summed E-state index contributed by atoms with van der Waals surface area (Å²) in [4.78, 5) is 0. The van der Waals surface area contributed by atoms with Gasteiger partial charge >= 0.3 is 0 Å². The fourth-order valence-electron chi connectivity index (χ4n) is 0.688. The average molecular weight is 144 g/mol. The van der Waals surface area contributed by atoms with E-state index in [4.69, 9.17) is 0 Å². The molecule has 0 N–H and O–H groups in total. The van der Waals surface area contributed by atoms with E-state index in [0.717, 1.165) is 5.92 Å². The summed E-state index contributed by atoms with van der Waals surface area (Å²) < 4.78 is 0. The molecule has 0 radical (unpaired) electrons. The van der Waals surface area contributed by atoms with Crippen molar-refractivity contribution in [2.75, 3.05) is 11.5 Å². The zero-order valence-corrected chi connectivity index (χ0v) is 7.37. The molecule has 0 aromatic carbocycles. The van der Waals surface area contributed by atoms with Gasteiger partial charge in [-0.2, -0.15) is 11.8 Å². The number of hydrogen-bond donors (Lipinski definition) is 0. The number of allylic oxidation sites excluding steroid dienone is 2. The summed E-state index contributed by atoms with van der Waals surface area (Å²) in [5.41, 5.74) is 0. The molecule has 0 amide bonds. The van der Waals surface area contributed by atoms with Crippen LogP contribution in [0.1, 0.15) is 20.8 Å². The summed E-state index contributed by atoms with van der Waals surface area (Å²) in [5, 5.41) is 0. The first kappa shape index (κ1) is 9.09. The molecule has 1 unspecified atom stereocenters. The highest BCUT2D eigenvalue weighted by atomic mass is 32.2. The fourth-order valence-corrected chi connectivity index (χ4v) is 1.41. The number of hydrogen-bond acceptors (Lipinski definition) is 1. The zero-order chi connectivity index (χ0) is 7.11. The first-order chi connectivity index (χ1) is 4.31. The van der Waals surface area contributed by atoms with E-state index in [1.165, 1.54) is 11.5 Å². The Morgan fingerprint density at radius 2 is 2.22 bits per heavy atom. The molecule has 0 aliphatic heterocycles. The standard InChI is InChI=1S/C8H16S/c1-4-6-8(3)7-9-5-2/h4,6,8H,5,7H2,1-3H3. The average Bonchev–Trinajstić information content (AvgIpc) is 1.85. The lowest BCUT2D eigenvalue weighted by Gasteiger charge is -2.01. The maximum absolute atomic E-state index is 2.25. The Balaban J connectivity index is 3.15. The van der Waals surface area contributed by atoms with Crippen LogP contribution in [0.25, 0.3) is 0 Å². The molecule has 0 aliphatic rings. The first-order valence-corrected chi connectivity index (χ1v) is 4.67. The topological polar surface area (TPSA) is 0 Å². The van der Waals surface area contributed by atoms with Crippen molar-refractivity contribution in [2.24, 2.45) is 5.92 Å². The minimum atomic E-state index is 0.750. The van der Waals surface area contributed by atoms with E-state index in [1.54, 1.807) is 0 Å². The Morgan fingerprint density at radius 3 is 2.67 bits per heavy atom. The summed E-state index contributed by atoms with van der Waals surface area (Å²) >= 11 is 2.00. The van der Waals surface area contributed by atoms with Crippen LogP contribution in [0.15, 0.2) is 12.2 Å². The Morgan fingerprint density at radius 1 is 1.56 bits per heavy atom. The molecule has 0 bridgehead atoms. The van der Waals surface area contributed by atoms with E-state index in [0.29, 0.717) is 0 Å². The maximum atomic E-state index is 2.25. The highest BCUT2D eigenvalue weighted by Gasteiger charge is 1.92. The molecule has 0 aromatic heterocycles. The third kappa shape index (κ3) is 5.97. The highest BCUT2D eigenvalue weighted by Crippen LogP contribution is 2.07. The van der Waals surface area contributed by atoms with Gasteiger partial charge in [0.2, 0.25) is 0 Å². The van der Waals surface area contributed by atoms with Crippen LogP contribution >= 0.6 is 11.8 Å². The van der Waals surface area contributed by atoms with Crippen LogP contribution in [-0.2, 0) is 0 Å². The maximum Gasteiger partial charge on any atom is -0.000722 e. The van der Waals surface area contributed by atoms with Crippen LogP contribution in [0, 0.1) is 5.92 Å². The molecule has 0 saturated heterocycles. The smallest absolute Gasteiger partial charge is 0.000722 e. The summed E-state index contributed by atoms with van der Waals surface area (Å²) in [7, 11) is 0. The molecular formula is C8H16S. The molecular weight excluding hydrogens is 128 g/mol. The molecule has 9 heavy (non-hydrogen) atoms. The molecule has 0 nitrogen and oxygen atoms in total. The highest BCUT2D eigenvalue weighted by molar-refractivity contribution is 7.99. The quantitative estimate of drug-likeness (QED) is 0.547. The van der Waals surface area contributed by atoms with Crippen LogP contribution in [0.4, 0.5) is 0 Å².